The zero-order valence-corrected chi connectivity index (χ0v) is 16.8. The highest BCUT2D eigenvalue weighted by Crippen LogP contribution is 2.22. The number of piperazine rings is 1. The minimum atomic E-state index is -0.0618. The lowest BCUT2D eigenvalue weighted by Crippen LogP contribution is -2.54. The number of hydrogen-bond donors (Lipinski definition) is 1. The molecule has 0 unspecified atom stereocenters. The van der Waals surface area contributed by atoms with E-state index in [2.05, 4.69) is 28.7 Å². The maximum Gasteiger partial charge on any atom is 0.317 e. The van der Waals surface area contributed by atoms with Crippen LogP contribution in [0, 0.1) is 6.92 Å². The Kier molecular flexibility index (Phi) is 5.39. The first-order valence-corrected chi connectivity index (χ1v) is 9.61. The SMILES string of the molecule is Cc1nc2cc(C(=O)N3CCN(C(=O)NC(C)C)CC3)ccc2n1C(C)C. The fraction of sp³-hybridized carbons (Fsp3) is 0.550. The normalized spacial score (nSPS) is 15.1. The number of aryl methyl sites for hydroxylation is 1. The van der Waals surface area contributed by atoms with Crippen LogP contribution in [0.5, 0.6) is 0 Å². The Hall–Kier alpha value is -2.57. The zero-order valence-electron chi connectivity index (χ0n) is 16.8. The van der Waals surface area contributed by atoms with Crippen molar-refractivity contribution < 1.29 is 9.59 Å². The third-order valence-electron chi connectivity index (χ3n) is 4.90. The summed E-state index contributed by atoms with van der Waals surface area (Å²) in [7, 11) is 0. The van der Waals surface area contributed by atoms with Crippen LogP contribution in [0.2, 0.25) is 0 Å². The van der Waals surface area contributed by atoms with Gasteiger partial charge in [0.2, 0.25) is 0 Å². The molecule has 1 fully saturated rings. The number of rotatable bonds is 3. The molecule has 0 radical (unpaired) electrons. The number of hydrogen-bond acceptors (Lipinski definition) is 3. The van der Waals surface area contributed by atoms with Gasteiger partial charge in [0.05, 0.1) is 11.0 Å². The molecule has 0 bridgehead atoms. The average Bonchev–Trinajstić information content (AvgIpc) is 2.95. The lowest BCUT2D eigenvalue weighted by Gasteiger charge is -2.35. The van der Waals surface area contributed by atoms with Crippen LogP contribution >= 0.6 is 0 Å². The largest absolute Gasteiger partial charge is 0.336 e. The van der Waals surface area contributed by atoms with Gasteiger partial charge in [0.1, 0.15) is 5.82 Å². The summed E-state index contributed by atoms with van der Waals surface area (Å²) in [4.78, 5) is 33.2. The van der Waals surface area contributed by atoms with E-state index in [-0.39, 0.29) is 18.0 Å². The summed E-state index contributed by atoms with van der Waals surface area (Å²) in [6, 6.07) is 6.10. The second-order valence-electron chi connectivity index (χ2n) is 7.71. The average molecular weight is 371 g/mol. The van der Waals surface area contributed by atoms with E-state index in [9.17, 15) is 9.59 Å². The number of benzene rings is 1. The lowest BCUT2D eigenvalue weighted by atomic mass is 10.1. The molecule has 1 aromatic heterocycles. The molecule has 0 spiro atoms. The van der Waals surface area contributed by atoms with E-state index in [4.69, 9.17) is 0 Å². The van der Waals surface area contributed by atoms with E-state index in [1.54, 1.807) is 4.90 Å². The van der Waals surface area contributed by atoms with Gasteiger partial charge in [0.25, 0.3) is 5.91 Å². The minimum Gasteiger partial charge on any atom is -0.336 e. The maximum atomic E-state index is 12.9. The highest BCUT2D eigenvalue weighted by atomic mass is 16.2. The Morgan fingerprint density at radius 1 is 1.04 bits per heavy atom. The molecule has 1 aliphatic rings. The summed E-state index contributed by atoms with van der Waals surface area (Å²) in [6.45, 7) is 12.3. The topological polar surface area (TPSA) is 70.5 Å². The predicted molar refractivity (Wildman–Crippen MR) is 106 cm³/mol. The van der Waals surface area contributed by atoms with Crippen LogP contribution in [0.4, 0.5) is 4.79 Å². The maximum absolute atomic E-state index is 12.9. The Morgan fingerprint density at radius 2 is 1.67 bits per heavy atom. The van der Waals surface area contributed by atoms with E-state index in [1.807, 2.05) is 43.9 Å². The number of nitrogens with zero attached hydrogens (tertiary/aromatic N) is 4. The number of aromatic nitrogens is 2. The van der Waals surface area contributed by atoms with E-state index < -0.39 is 0 Å². The number of amides is 3. The highest BCUT2D eigenvalue weighted by molar-refractivity contribution is 5.97. The number of carbonyl (C=O) groups is 2. The molecule has 3 amide bonds. The summed E-state index contributed by atoms with van der Waals surface area (Å²) in [5.41, 5.74) is 2.55. The fourth-order valence-corrected chi connectivity index (χ4v) is 3.64. The first-order valence-electron chi connectivity index (χ1n) is 9.61. The van der Waals surface area contributed by atoms with Crippen LogP contribution in [-0.2, 0) is 0 Å². The van der Waals surface area contributed by atoms with Crippen LogP contribution < -0.4 is 5.32 Å². The van der Waals surface area contributed by atoms with Gasteiger partial charge in [-0.15, -0.1) is 0 Å². The summed E-state index contributed by atoms with van der Waals surface area (Å²) in [6.07, 6.45) is 0. The molecule has 1 saturated heterocycles. The van der Waals surface area contributed by atoms with E-state index >= 15 is 0 Å². The Balaban J connectivity index is 1.71. The number of urea groups is 1. The molecule has 0 saturated carbocycles. The Labute approximate surface area is 160 Å². The van der Waals surface area contributed by atoms with Gasteiger partial charge in [-0.05, 0) is 52.8 Å². The second-order valence-corrected chi connectivity index (χ2v) is 7.71. The molecule has 2 aromatic rings. The summed E-state index contributed by atoms with van der Waals surface area (Å²) in [5, 5.41) is 2.90. The van der Waals surface area contributed by atoms with Crippen molar-refractivity contribution in [3.05, 3.63) is 29.6 Å². The van der Waals surface area contributed by atoms with Crippen LogP contribution in [0.3, 0.4) is 0 Å². The van der Waals surface area contributed by atoms with Gasteiger partial charge in [-0.3, -0.25) is 4.79 Å². The molecule has 0 aliphatic carbocycles. The van der Waals surface area contributed by atoms with Gasteiger partial charge < -0.3 is 19.7 Å². The van der Waals surface area contributed by atoms with Gasteiger partial charge in [0.15, 0.2) is 0 Å². The van der Waals surface area contributed by atoms with Crippen molar-refractivity contribution in [1.82, 2.24) is 24.7 Å². The molecule has 1 aromatic carbocycles. The molecular weight excluding hydrogens is 342 g/mol. The van der Waals surface area contributed by atoms with Crippen molar-refractivity contribution in [1.29, 1.82) is 0 Å². The first-order chi connectivity index (χ1) is 12.8. The number of fused-ring (bicyclic) bond motifs is 1. The molecule has 146 valence electrons. The third-order valence-corrected chi connectivity index (χ3v) is 4.90. The zero-order chi connectivity index (χ0) is 19.7. The molecule has 3 rings (SSSR count). The highest BCUT2D eigenvalue weighted by Gasteiger charge is 2.25. The first kappa shape index (κ1) is 19.2. The van der Waals surface area contributed by atoms with Crippen LogP contribution in [-0.4, -0.2) is 63.5 Å². The van der Waals surface area contributed by atoms with Crippen molar-refractivity contribution in [2.45, 2.75) is 46.7 Å². The van der Waals surface area contributed by atoms with Gasteiger partial charge in [-0.25, -0.2) is 9.78 Å². The molecule has 27 heavy (non-hydrogen) atoms. The van der Waals surface area contributed by atoms with Crippen LogP contribution in [0.1, 0.15) is 49.9 Å². The van der Waals surface area contributed by atoms with Crippen LogP contribution in [0.25, 0.3) is 11.0 Å². The molecule has 7 heteroatoms. The van der Waals surface area contributed by atoms with Crippen LogP contribution in [0.15, 0.2) is 18.2 Å². The van der Waals surface area contributed by atoms with Gasteiger partial charge in [-0.2, -0.15) is 0 Å². The molecular formula is C20H29N5O2. The second kappa shape index (κ2) is 7.58. The molecule has 0 atom stereocenters. The van der Waals surface area contributed by atoms with E-state index in [1.165, 1.54) is 0 Å². The number of carbonyl (C=O) groups excluding carboxylic acids is 2. The number of nitrogens with one attached hydrogen (secondary N) is 1. The van der Waals surface area contributed by atoms with Crippen molar-refractivity contribution in [2.75, 3.05) is 26.2 Å². The molecule has 7 nitrogen and oxygen atoms in total. The van der Waals surface area contributed by atoms with Gasteiger partial charge in [0, 0.05) is 43.8 Å². The summed E-state index contributed by atoms with van der Waals surface area (Å²) >= 11 is 0. The van der Waals surface area contributed by atoms with Crippen molar-refractivity contribution in [2.24, 2.45) is 0 Å². The number of imidazole rings is 1. The van der Waals surface area contributed by atoms with Crippen molar-refractivity contribution in [3.63, 3.8) is 0 Å². The standard InChI is InChI=1S/C20H29N5O2/c1-13(2)21-20(27)24-10-8-23(9-11-24)19(26)16-6-7-18-17(12-16)22-15(5)25(18)14(3)4/h6-7,12-14H,8-11H2,1-5H3,(H,21,27). The molecule has 1 aliphatic heterocycles. The van der Waals surface area contributed by atoms with E-state index in [0.717, 1.165) is 16.9 Å². The Morgan fingerprint density at radius 3 is 2.26 bits per heavy atom. The minimum absolute atomic E-state index is 0.00225. The molecule has 1 N–H and O–H groups in total. The lowest BCUT2D eigenvalue weighted by molar-refractivity contribution is 0.0664. The molecule has 2 heterocycles. The monoisotopic (exact) mass is 371 g/mol. The van der Waals surface area contributed by atoms with E-state index in [0.29, 0.717) is 37.8 Å². The van der Waals surface area contributed by atoms with Crippen molar-refractivity contribution in [3.8, 4) is 0 Å². The predicted octanol–water partition coefficient (Wildman–Crippen LogP) is 2.80. The quantitative estimate of drug-likeness (QED) is 0.902. The third kappa shape index (κ3) is 3.91. The summed E-state index contributed by atoms with van der Waals surface area (Å²) in [5.74, 6) is 0.951. The fourth-order valence-electron chi connectivity index (χ4n) is 3.64. The Bertz CT molecular complexity index is 847. The van der Waals surface area contributed by atoms with Gasteiger partial charge >= 0.3 is 6.03 Å². The van der Waals surface area contributed by atoms with Crippen molar-refractivity contribution >= 4 is 23.0 Å². The van der Waals surface area contributed by atoms with Gasteiger partial charge in [-0.1, -0.05) is 0 Å². The smallest absolute Gasteiger partial charge is 0.317 e. The summed E-state index contributed by atoms with van der Waals surface area (Å²) < 4.78 is 2.18.